The number of benzene rings is 1. The standard InChI is InChI=1S/C16H17NO/c1-3-4-5-10-16(18)15-11-12(2)13-8-6-7-9-14(13)17-15/h1,6-9,11,16,18H,4-5,10H2,2H3. The number of pyridine rings is 1. The predicted octanol–water partition coefficient (Wildman–Crippen LogP) is 3.38. The van der Waals surface area contributed by atoms with E-state index >= 15 is 0 Å². The number of aliphatic hydroxyl groups excluding tert-OH is 1. The van der Waals surface area contributed by atoms with E-state index in [1.165, 1.54) is 0 Å². The Morgan fingerprint density at radius 3 is 2.94 bits per heavy atom. The first kappa shape index (κ1) is 12.6. The van der Waals surface area contributed by atoms with Crippen LogP contribution >= 0.6 is 0 Å². The lowest BCUT2D eigenvalue weighted by molar-refractivity contribution is 0.161. The van der Waals surface area contributed by atoms with Crippen molar-refractivity contribution in [2.24, 2.45) is 0 Å². The summed E-state index contributed by atoms with van der Waals surface area (Å²) in [6, 6.07) is 9.94. The Labute approximate surface area is 108 Å². The summed E-state index contributed by atoms with van der Waals surface area (Å²) in [6.45, 7) is 2.04. The molecule has 0 saturated heterocycles. The van der Waals surface area contributed by atoms with E-state index in [0.29, 0.717) is 12.8 Å². The van der Waals surface area contributed by atoms with Crippen molar-refractivity contribution in [3.63, 3.8) is 0 Å². The fraction of sp³-hybridized carbons (Fsp3) is 0.312. The van der Waals surface area contributed by atoms with E-state index in [2.05, 4.69) is 10.9 Å². The molecule has 0 spiro atoms. The maximum absolute atomic E-state index is 10.1. The molecule has 1 aromatic heterocycles. The Kier molecular flexibility index (Phi) is 3.96. The number of aliphatic hydroxyl groups is 1. The predicted molar refractivity (Wildman–Crippen MR) is 74.1 cm³/mol. The molecule has 1 atom stereocenters. The molecule has 0 aliphatic rings. The highest BCUT2D eigenvalue weighted by Gasteiger charge is 2.10. The van der Waals surface area contributed by atoms with Crippen molar-refractivity contribution in [3.05, 3.63) is 41.6 Å². The first-order valence-electron chi connectivity index (χ1n) is 6.20. The van der Waals surface area contributed by atoms with Gasteiger partial charge in [-0.15, -0.1) is 12.3 Å². The second kappa shape index (κ2) is 5.66. The molecule has 2 rings (SSSR count). The number of fused-ring (bicyclic) bond motifs is 1. The van der Waals surface area contributed by atoms with Crippen LogP contribution in [0.5, 0.6) is 0 Å². The van der Waals surface area contributed by atoms with Crippen LogP contribution in [0.3, 0.4) is 0 Å². The van der Waals surface area contributed by atoms with Gasteiger partial charge >= 0.3 is 0 Å². The molecular weight excluding hydrogens is 222 g/mol. The van der Waals surface area contributed by atoms with Crippen molar-refractivity contribution >= 4 is 10.9 Å². The zero-order chi connectivity index (χ0) is 13.0. The van der Waals surface area contributed by atoms with Crippen molar-refractivity contribution in [1.29, 1.82) is 0 Å². The number of unbranched alkanes of at least 4 members (excludes halogenated alkanes) is 1. The zero-order valence-electron chi connectivity index (χ0n) is 10.6. The zero-order valence-corrected chi connectivity index (χ0v) is 10.6. The summed E-state index contributed by atoms with van der Waals surface area (Å²) in [6.07, 6.45) is 6.86. The van der Waals surface area contributed by atoms with Gasteiger partial charge in [0.25, 0.3) is 0 Å². The molecule has 1 heterocycles. The minimum Gasteiger partial charge on any atom is -0.387 e. The average Bonchev–Trinajstić information content (AvgIpc) is 2.39. The quantitative estimate of drug-likeness (QED) is 0.655. The van der Waals surface area contributed by atoms with Crippen molar-refractivity contribution in [2.45, 2.75) is 32.3 Å². The lowest BCUT2D eigenvalue weighted by Crippen LogP contribution is -2.01. The normalized spacial score (nSPS) is 12.3. The summed E-state index contributed by atoms with van der Waals surface area (Å²) < 4.78 is 0. The van der Waals surface area contributed by atoms with E-state index in [9.17, 15) is 5.11 Å². The van der Waals surface area contributed by atoms with Crippen molar-refractivity contribution < 1.29 is 5.11 Å². The van der Waals surface area contributed by atoms with Crippen LogP contribution in [-0.2, 0) is 0 Å². The van der Waals surface area contributed by atoms with Crippen molar-refractivity contribution in [1.82, 2.24) is 4.98 Å². The number of rotatable bonds is 4. The van der Waals surface area contributed by atoms with E-state index in [4.69, 9.17) is 6.42 Å². The van der Waals surface area contributed by atoms with Crippen LogP contribution in [0.25, 0.3) is 10.9 Å². The number of para-hydroxylation sites is 1. The molecule has 18 heavy (non-hydrogen) atoms. The Morgan fingerprint density at radius 2 is 2.17 bits per heavy atom. The maximum atomic E-state index is 10.1. The van der Waals surface area contributed by atoms with E-state index in [0.717, 1.165) is 28.6 Å². The molecule has 0 radical (unpaired) electrons. The first-order chi connectivity index (χ1) is 8.72. The van der Waals surface area contributed by atoms with Crippen LogP contribution in [0, 0.1) is 19.3 Å². The summed E-state index contributed by atoms with van der Waals surface area (Å²) in [7, 11) is 0. The van der Waals surface area contributed by atoms with Gasteiger partial charge in [0.1, 0.15) is 0 Å². The molecule has 2 heteroatoms. The highest BCUT2D eigenvalue weighted by Crippen LogP contribution is 2.23. The van der Waals surface area contributed by atoms with Gasteiger partial charge in [-0.3, -0.25) is 4.98 Å². The van der Waals surface area contributed by atoms with Crippen molar-refractivity contribution in [3.8, 4) is 12.3 Å². The Morgan fingerprint density at radius 1 is 1.39 bits per heavy atom. The van der Waals surface area contributed by atoms with Crippen LogP contribution in [0.2, 0.25) is 0 Å². The monoisotopic (exact) mass is 239 g/mol. The molecule has 2 aromatic rings. The summed E-state index contributed by atoms with van der Waals surface area (Å²) in [5.41, 5.74) is 2.82. The summed E-state index contributed by atoms with van der Waals surface area (Å²) in [4.78, 5) is 4.51. The number of hydrogen-bond acceptors (Lipinski definition) is 2. The minimum atomic E-state index is -0.526. The maximum Gasteiger partial charge on any atom is 0.0960 e. The fourth-order valence-electron chi connectivity index (χ4n) is 2.09. The largest absolute Gasteiger partial charge is 0.387 e. The Bertz CT molecular complexity index is 583. The Hall–Kier alpha value is -1.85. The van der Waals surface area contributed by atoms with Gasteiger partial charge in [-0.2, -0.15) is 0 Å². The van der Waals surface area contributed by atoms with Gasteiger partial charge < -0.3 is 5.11 Å². The molecule has 1 unspecified atom stereocenters. The van der Waals surface area contributed by atoms with Gasteiger partial charge in [-0.1, -0.05) is 18.2 Å². The molecular formula is C16H17NO. The molecule has 0 fully saturated rings. The second-order valence-corrected chi connectivity index (χ2v) is 4.49. The summed E-state index contributed by atoms with van der Waals surface area (Å²) in [5, 5.41) is 11.2. The number of aryl methyl sites for hydroxylation is 1. The van der Waals surface area contributed by atoms with Crippen LogP contribution in [-0.4, -0.2) is 10.1 Å². The van der Waals surface area contributed by atoms with Crippen LogP contribution in [0.15, 0.2) is 30.3 Å². The van der Waals surface area contributed by atoms with Gasteiger partial charge in [0.15, 0.2) is 0 Å². The van der Waals surface area contributed by atoms with E-state index in [1.54, 1.807) is 0 Å². The third kappa shape index (κ3) is 2.69. The van der Waals surface area contributed by atoms with Crippen LogP contribution < -0.4 is 0 Å². The molecule has 0 amide bonds. The third-order valence-electron chi connectivity index (χ3n) is 3.08. The summed E-state index contributed by atoms with van der Waals surface area (Å²) >= 11 is 0. The smallest absolute Gasteiger partial charge is 0.0960 e. The molecule has 92 valence electrons. The van der Waals surface area contributed by atoms with E-state index in [-0.39, 0.29) is 0 Å². The van der Waals surface area contributed by atoms with E-state index in [1.807, 2.05) is 37.3 Å². The van der Waals surface area contributed by atoms with Gasteiger partial charge in [0, 0.05) is 11.8 Å². The highest BCUT2D eigenvalue weighted by atomic mass is 16.3. The van der Waals surface area contributed by atoms with Gasteiger partial charge in [0.2, 0.25) is 0 Å². The molecule has 1 aromatic carbocycles. The topological polar surface area (TPSA) is 33.1 Å². The number of aromatic nitrogens is 1. The lowest BCUT2D eigenvalue weighted by Gasteiger charge is -2.11. The first-order valence-corrected chi connectivity index (χ1v) is 6.20. The SMILES string of the molecule is C#CCCCC(O)c1cc(C)c2ccccc2n1. The second-order valence-electron chi connectivity index (χ2n) is 4.49. The number of hydrogen-bond donors (Lipinski definition) is 1. The number of nitrogens with zero attached hydrogens (tertiary/aromatic N) is 1. The molecule has 0 aliphatic carbocycles. The van der Waals surface area contributed by atoms with Crippen LogP contribution in [0.1, 0.15) is 36.6 Å². The van der Waals surface area contributed by atoms with Crippen LogP contribution in [0.4, 0.5) is 0 Å². The lowest BCUT2D eigenvalue weighted by atomic mass is 10.0. The molecule has 2 nitrogen and oxygen atoms in total. The van der Waals surface area contributed by atoms with Gasteiger partial charge in [0.05, 0.1) is 17.3 Å². The molecule has 0 saturated carbocycles. The van der Waals surface area contributed by atoms with E-state index < -0.39 is 6.10 Å². The molecule has 1 N–H and O–H groups in total. The van der Waals surface area contributed by atoms with Gasteiger partial charge in [-0.25, -0.2) is 0 Å². The van der Waals surface area contributed by atoms with Crippen molar-refractivity contribution in [2.75, 3.05) is 0 Å². The molecule has 0 bridgehead atoms. The third-order valence-corrected chi connectivity index (χ3v) is 3.08. The minimum absolute atomic E-state index is 0.526. The fourth-order valence-corrected chi connectivity index (χ4v) is 2.09. The van der Waals surface area contributed by atoms with Gasteiger partial charge in [-0.05, 0) is 37.5 Å². The Balaban J connectivity index is 2.26. The average molecular weight is 239 g/mol. The summed E-state index contributed by atoms with van der Waals surface area (Å²) in [5.74, 6) is 2.58. The number of terminal acetylenes is 1. The highest BCUT2D eigenvalue weighted by molar-refractivity contribution is 5.82. The molecule has 0 aliphatic heterocycles.